The molecule has 0 bridgehead atoms. The van der Waals surface area contributed by atoms with E-state index in [1.807, 2.05) is 15.7 Å². The summed E-state index contributed by atoms with van der Waals surface area (Å²) < 4.78 is 5.15. The topological polar surface area (TPSA) is 76.2 Å². The number of nitrogens with two attached hydrogens (primary N) is 1. The van der Waals surface area contributed by atoms with E-state index < -0.39 is 6.04 Å². The summed E-state index contributed by atoms with van der Waals surface area (Å²) >= 11 is 19.8. The van der Waals surface area contributed by atoms with Crippen molar-refractivity contribution in [2.75, 3.05) is 18.8 Å². The van der Waals surface area contributed by atoms with Crippen LogP contribution in [0.3, 0.4) is 0 Å². The summed E-state index contributed by atoms with van der Waals surface area (Å²) in [6, 6.07) is 2.88. The first-order valence-electron chi connectivity index (χ1n) is 11.0. The number of aryl methyl sites for hydroxylation is 1. The number of piperidine rings is 1. The number of hydrogen-bond donors (Lipinski definition) is 2. The standard InChI is InChI=1S/C22H30Cl3N5OS/c1-2-3-5-15-6-4-9-30(14-15)21(31)19(7-10-29-11-8-27-22(29)25)28-32-20-17(24)12-16(23)13-18(20)26/h8,11-13,15,19,28H,2-7,9-10,14,26H2,1H3/t15-,19?/m1/s1. The molecule has 10 heteroatoms. The lowest BCUT2D eigenvalue weighted by Gasteiger charge is -2.35. The number of benzene rings is 1. The van der Waals surface area contributed by atoms with E-state index in [9.17, 15) is 4.79 Å². The maximum absolute atomic E-state index is 13.5. The minimum absolute atomic E-state index is 0.0959. The van der Waals surface area contributed by atoms with E-state index in [0.29, 0.717) is 44.8 Å². The average Bonchev–Trinajstić information content (AvgIpc) is 3.18. The molecule has 6 nitrogen and oxygen atoms in total. The molecule has 2 aromatic rings. The molecule has 0 spiro atoms. The Bertz CT molecular complexity index is 886. The Kier molecular flexibility index (Phi) is 9.86. The highest BCUT2D eigenvalue weighted by Gasteiger charge is 2.29. The molecule has 1 fully saturated rings. The van der Waals surface area contributed by atoms with Gasteiger partial charge in [-0.2, -0.15) is 0 Å². The number of unbranched alkanes of at least 4 members (excludes halogenated alkanes) is 1. The quantitative estimate of drug-likeness (QED) is 0.302. The molecule has 1 aromatic carbocycles. The summed E-state index contributed by atoms with van der Waals surface area (Å²) in [5.74, 6) is 0.670. The van der Waals surface area contributed by atoms with E-state index in [1.165, 1.54) is 37.6 Å². The van der Waals surface area contributed by atoms with Crippen molar-refractivity contribution in [2.24, 2.45) is 5.92 Å². The number of imidazole rings is 1. The van der Waals surface area contributed by atoms with Crippen LogP contribution in [0.1, 0.15) is 45.4 Å². The average molecular weight is 519 g/mol. The number of likely N-dealkylation sites (tertiary alicyclic amines) is 1. The predicted molar refractivity (Wildman–Crippen MR) is 134 cm³/mol. The maximum atomic E-state index is 13.5. The van der Waals surface area contributed by atoms with Crippen molar-refractivity contribution in [1.82, 2.24) is 19.2 Å². The lowest BCUT2D eigenvalue weighted by molar-refractivity contribution is -0.135. The fourth-order valence-electron chi connectivity index (χ4n) is 4.01. The molecule has 1 aliphatic rings. The van der Waals surface area contributed by atoms with Crippen LogP contribution < -0.4 is 10.5 Å². The fourth-order valence-corrected chi connectivity index (χ4v) is 5.64. The number of rotatable bonds is 10. The second-order valence-corrected chi connectivity index (χ2v) is 10.2. The number of halogens is 3. The third kappa shape index (κ3) is 6.94. The molecule has 0 saturated carbocycles. The number of nitrogens with zero attached hydrogens (tertiary/aromatic N) is 3. The van der Waals surface area contributed by atoms with Crippen LogP contribution in [-0.4, -0.2) is 39.5 Å². The number of nitrogens with one attached hydrogen (secondary N) is 1. The first-order valence-corrected chi connectivity index (χ1v) is 13.0. The summed E-state index contributed by atoms with van der Waals surface area (Å²) in [5, 5.41) is 1.34. The van der Waals surface area contributed by atoms with Crippen LogP contribution in [0.5, 0.6) is 0 Å². The number of nitrogen functional groups attached to an aromatic ring is 1. The van der Waals surface area contributed by atoms with Gasteiger partial charge in [-0.3, -0.25) is 4.79 Å². The van der Waals surface area contributed by atoms with E-state index in [0.717, 1.165) is 19.5 Å². The van der Waals surface area contributed by atoms with Crippen LogP contribution in [0.15, 0.2) is 29.4 Å². The van der Waals surface area contributed by atoms with Gasteiger partial charge in [0.15, 0.2) is 0 Å². The summed E-state index contributed by atoms with van der Waals surface area (Å²) in [6.45, 7) is 4.38. The van der Waals surface area contributed by atoms with Crippen molar-refractivity contribution < 1.29 is 4.79 Å². The van der Waals surface area contributed by atoms with Crippen molar-refractivity contribution in [1.29, 1.82) is 0 Å². The van der Waals surface area contributed by atoms with E-state index in [4.69, 9.17) is 40.5 Å². The summed E-state index contributed by atoms with van der Waals surface area (Å²) in [7, 11) is 0. The van der Waals surface area contributed by atoms with Crippen molar-refractivity contribution >= 4 is 58.3 Å². The molecule has 1 aromatic heterocycles. The molecule has 1 unspecified atom stereocenters. The second-order valence-electron chi connectivity index (χ2n) is 8.19. The zero-order chi connectivity index (χ0) is 23.1. The molecule has 0 radical (unpaired) electrons. The summed E-state index contributed by atoms with van der Waals surface area (Å²) in [5.41, 5.74) is 6.58. The zero-order valence-corrected chi connectivity index (χ0v) is 21.3. The Hall–Kier alpha value is -1.12. The van der Waals surface area contributed by atoms with Crippen LogP contribution in [0.4, 0.5) is 5.69 Å². The summed E-state index contributed by atoms with van der Waals surface area (Å²) in [4.78, 5) is 20.2. The minimum Gasteiger partial charge on any atom is -0.398 e. The monoisotopic (exact) mass is 517 g/mol. The van der Waals surface area contributed by atoms with E-state index in [1.54, 1.807) is 18.3 Å². The number of carbonyl (C=O) groups excluding carboxylic acids is 1. The maximum Gasteiger partial charge on any atom is 0.240 e. The zero-order valence-electron chi connectivity index (χ0n) is 18.2. The van der Waals surface area contributed by atoms with Gasteiger partial charge < -0.3 is 15.2 Å². The fraction of sp³-hybridized carbons (Fsp3) is 0.545. The molecule has 3 rings (SSSR count). The predicted octanol–water partition coefficient (Wildman–Crippen LogP) is 5.91. The Morgan fingerprint density at radius 2 is 2.19 bits per heavy atom. The van der Waals surface area contributed by atoms with Crippen molar-refractivity contribution in [3.8, 4) is 0 Å². The van der Waals surface area contributed by atoms with Crippen LogP contribution >= 0.6 is 46.8 Å². The van der Waals surface area contributed by atoms with Gasteiger partial charge in [-0.25, -0.2) is 9.71 Å². The number of carbonyl (C=O) groups is 1. The van der Waals surface area contributed by atoms with Gasteiger partial charge in [0, 0.05) is 42.7 Å². The Morgan fingerprint density at radius 1 is 1.38 bits per heavy atom. The number of anilines is 1. The van der Waals surface area contributed by atoms with Gasteiger partial charge in [0.25, 0.3) is 0 Å². The van der Waals surface area contributed by atoms with E-state index in [-0.39, 0.29) is 5.91 Å². The third-order valence-electron chi connectivity index (χ3n) is 5.76. The molecule has 176 valence electrons. The summed E-state index contributed by atoms with van der Waals surface area (Å²) in [6.07, 6.45) is 9.82. The number of hydrogen-bond acceptors (Lipinski definition) is 5. The molecule has 2 heterocycles. The number of aromatic nitrogens is 2. The first kappa shape index (κ1) is 25.5. The van der Waals surface area contributed by atoms with Gasteiger partial charge in [0.1, 0.15) is 0 Å². The molecular weight excluding hydrogens is 489 g/mol. The molecule has 3 N–H and O–H groups in total. The van der Waals surface area contributed by atoms with Gasteiger partial charge in [0.2, 0.25) is 11.2 Å². The number of amides is 1. The SMILES string of the molecule is CCCC[C@@H]1CCCN(C(=O)C(CCn2ccnc2Cl)NSc2c(N)cc(Cl)cc2Cl)C1. The Balaban J connectivity index is 1.71. The van der Waals surface area contributed by atoms with Gasteiger partial charge in [-0.15, -0.1) is 0 Å². The lowest BCUT2D eigenvalue weighted by atomic mass is 9.92. The van der Waals surface area contributed by atoms with Crippen LogP contribution in [0.25, 0.3) is 0 Å². The van der Waals surface area contributed by atoms with Gasteiger partial charge in [0.05, 0.1) is 16.0 Å². The Morgan fingerprint density at radius 3 is 2.88 bits per heavy atom. The third-order valence-corrected chi connectivity index (χ3v) is 7.76. The molecule has 1 aliphatic heterocycles. The van der Waals surface area contributed by atoms with Crippen LogP contribution in [0.2, 0.25) is 15.3 Å². The van der Waals surface area contributed by atoms with E-state index in [2.05, 4.69) is 16.6 Å². The van der Waals surface area contributed by atoms with Crippen LogP contribution in [-0.2, 0) is 11.3 Å². The molecular formula is C22H30Cl3N5OS. The highest BCUT2D eigenvalue weighted by Crippen LogP contribution is 2.34. The molecule has 1 saturated heterocycles. The molecule has 1 amide bonds. The van der Waals surface area contributed by atoms with Crippen molar-refractivity contribution in [2.45, 2.75) is 62.9 Å². The normalized spacial score (nSPS) is 17.5. The van der Waals surface area contributed by atoms with Crippen molar-refractivity contribution in [3.63, 3.8) is 0 Å². The highest BCUT2D eigenvalue weighted by molar-refractivity contribution is 7.97. The molecule has 2 atom stereocenters. The lowest BCUT2D eigenvalue weighted by Crippen LogP contribution is -2.48. The smallest absolute Gasteiger partial charge is 0.240 e. The first-order chi connectivity index (χ1) is 15.4. The van der Waals surface area contributed by atoms with Gasteiger partial charge >= 0.3 is 0 Å². The van der Waals surface area contributed by atoms with Crippen LogP contribution in [0, 0.1) is 5.92 Å². The molecule has 0 aliphatic carbocycles. The minimum atomic E-state index is -0.422. The highest BCUT2D eigenvalue weighted by atomic mass is 35.5. The van der Waals surface area contributed by atoms with Gasteiger partial charge in [-0.05, 0) is 67.3 Å². The second kappa shape index (κ2) is 12.4. The van der Waals surface area contributed by atoms with Crippen molar-refractivity contribution in [3.05, 3.63) is 39.9 Å². The molecule has 32 heavy (non-hydrogen) atoms. The van der Waals surface area contributed by atoms with E-state index >= 15 is 0 Å². The largest absolute Gasteiger partial charge is 0.398 e. The van der Waals surface area contributed by atoms with Gasteiger partial charge in [-0.1, -0.05) is 43.0 Å². The Labute approximate surface area is 209 Å².